The van der Waals surface area contributed by atoms with Crippen LogP contribution in [0.4, 0.5) is 11.4 Å². The highest BCUT2D eigenvalue weighted by atomic mass is 16.2. The molecule has 0 bridgehead atoms. The van der Waals surface area contributed by atoms with E-state index in [9.17, 15) is 4.79 Å². The molecule has 0 radical (unpaired) electrons. The minimum Gasteiger partial charge on any atom is -0.398 e. The molecule has 4 heteroatoms. The molecule has 1 amide bonds. The number of para-hydroxylation sites is 1. The Morgan fingerprint density at radius 3 is 2.72 bits per heavy atom. The van der Waals surface area contributed by atoms with E-state index in [1.807, 2.05) is 25.1 Å². The Kier molecular flexibility index (Phi) is 3.28. The second-order valence-electron chi connectivity index (χ2n) is 4.11. The number of carbonyl (C=O) groups is 1. The van der Waals surface area contributed by atoms with E-state index in [-0.39, 0.29) is 5.91 Å². The first-order chi connectivity index (χ1) is 8.61. The lowest BCUT2D eigenvalue weighted by Gasteiger charge is -2.18. The van der Waals surface area contributed by atoms with E-state index in [1.165, 1.54) is 4.90 Å². The highest BCUT2D eigenvalue weighted by Gasteiger charge is 2.16. The van der Waals surface area contributed by atoms with Crippen LogP contribution in [0.15, 0.2) is 42.7 Å². The summed E-state index contributed by atoms with van der Waals surface area (Å²) in [4.78, 5) is 17.9. The Hall–Kier alpha value is -2.36. The molecule has 0 saturated carbocycles. The zero-order valence-corrected chi connectivity index (χ0v) is 10.4. The van der Waals surface area contributed by atoms with Gasteiger partial charge in [-0.05, 0) is 30.7 Å². The lowest BCUT2D eigenvalue weighted by Crippen LogP contribution is -2.27. The SMILES string of the molecule is Cc1cccc(C(=O)N(C)c2cccnc2)c1N. The maximum Gasteiger partial charge on any atom is 0.260 e. The predicted octanol–water partition coefficient (Wildman–Crippen LogP) is 2.25. The number of carbonyl (C=O) groups excluding carboxylic acids is 1. The number of nitrogens with zero attached hydrogens (tertiary/aromatic N) is 2. The van der Waals surface area contributed by atoms with Crippen molar-refractivity contribution in [3.05, 3.63) is 53.9 Å². The third-order valence-corrected chi connectivity index (χ3v) is 2.89. The van der Waals surface area contributed by atoms with E-state index in [0.717, 1.165) is 11.3 Å². The highest BCUT2D eigenvalue weighted by molar-refractivity contribution is 6.09. The molecule has 92 valence electrons. The molecule has 18 heavy (non-hydrogen) atoms. The molecule has 2 N–H and O–H groups in total. The number of amides is 1. The number of anilines is 2. The molecule has 2 aromatic rings. The minimum atomic E-state index is -0.135. The van der Waals surface area contributed by atoms with Crippen molar-refractivity contribution in [2.75, 3.05) is 17.7 Å². The number of hydrogen-bond acceptors (Lipinski definition) is 3. The van der Waals surface area contributed by atoms with Gasteiger partial charge in [-0.1, -0.05) is 12.1 Å². The average Bonchev–Trinajstić information content (AvgIpc) is 2.41. The number of pyridine rings is 1. The number of aromatic nitrogens is 1. The zero-order chi connectivity index (χ0) is 13.1. The van der Waals surface area contributed by atoms with Crippen molar-refractivity contribution >= 4 is 17.3 Å². The van der Waals surface area contributed by atoms with Gasteiger partial charge in [-0.15, -0.1) is 0 Å². The summed E-state index contributed by atoms with van der Waals surface area (Å²) in [6.07, 6.45) is 3.31. The Morgan fingerprint density at radius 2 is 2.06 bits per heavy atom. The molecule has 4 nitrogen and oxygen atoms in total. The summed E-state index contributed by atoms with van der Waals surface area (Å²) in [5, 5.41) is 0. The number of hydrogen-bond donors (Lipinski definition) is 1. The molecule has 0 aliphatic heterocycles. The Bertz CT molecular complexity index is 567. The first kappa shape index (κ1) is 12.1. The fraction of sp³-hybridized carbons (Fsp3) is 0.143. The van der Waals surface area contributed by atoms with E-state index in [4.69, 9.17) is 5.73 Å². The van der Waals surface area contributed by atoms with Gasteiger partial charge in [-0.25, -0.2) is 0 Å². The van der Waals surface area contributed by atoms with Crippen LogP contribution in [0.3, 0.4) is 0 Å². The van der Waals surface area contributed by atoms with Crippen molar-refractivity contribution in [2.45, 2.75) is 6.92 Å². The zero-order valence-electron chi connectivity index (χ0n) is 10.4. The van der Waals surface area contributed by atoms with Gasteiger partial charge in [0.1, 0.15) is 0 Å². The molecule has 0 unspecified atom stereocenters. The van der Waals surface area contributed by atoms with Crippen molar-refractivity contribution in [3.8, 4) is 0 Å². The highest BCUT2D eigenvalue weighted by Crippen LogP contribution is 2.20. The molecule has 0 fully saturated rings. The standard InChI is InChI=1S/C14H15N3O/c1-10-5-3-7-12(13(10)15)14(18)17(2)11-6-4-8-16-9-11/h3-9H,15H2,1-2H3. The summed E-state index contributed by atoms with van der Waals surface area (Å²) in [7, 11) is 1.71. The van der Waals surface area contributed by atoms with Crippen LogP contribution in [0, 0.1) is 6.92 Å². The predicted molar refractivity (Wildman–Crippen MR) is 72.6 cm³/mol. The van der Waals surface area contributed by atoms with Gasteiger partial charge < -0.3 is 10.6 Å². The van der Waals surface area contributed by atoms with Crippen LogP contribution in [-0.2, 0) is 0 Å². The summed E-state index contributed by atoms with van der Waals surface area (Å²) < 4.78 is 0. The van der Waals surface area contributed by atoms with Gasteiger partial charge in [0.15, 0.2) is 0 Å². The van der Waals surface area contributed by atoms with Gasteiger partial charge in [0.05, 0.1) is 17.4 Å². The monoisotopic (exact) mass is 241 g/mol. The van der Waals surface area contributed by atoms with E-state index < -0.39 is 0 Å². The topological polar surface area (TPSA) is 59.2 Å². The summed E-state index contributed by atoms with van der Waals surface area (Å²) in [6.45, 7) is 1.89. The smallest absolute Gasteiger partial charge is 0.260 e. The average molecular weight is 241 g/mol. The second-order valence-corrected chi connectivity index (χ2v) is 4.11. The number of nitrogen functional groups attached to an aromatic ring is 1. The maximum absolute atomic E-state index is 12.3. The number of nitrogens with two attached hydrogens (primary N) is 1. The summed E-state index contributed by atoms with van der Waals surface area (Å²) in [6, 6.07) is 9.07. The number of aryl methyl sites for hydroxylation is 1. The summed E-state index contributed by atoms with van der Waals surface area (Å²) >= 11 is 0. The van der Waals surface area contributed by atoms with Crippen LogP contribution in [0.5, 0.6) is 0 Å². The molecular formula is C14H15N3O. The van der Waals surface area contributed by atoms with Gasteiger partial charge in [0, 0.05) is 18.9 Å². The fourth-order valence-electron chi connectivity index (χ4n) is 1.72. The fourth-order valence-corrected chi connectivity index (χ4v) is 1.72. The van der Waals surface area contributed by atoms with Crippen molar-refractivity contribution in [1.82, 2.24) is 4.98 Å². The maximum atomic E-state index is 12.3. The Balaban J connectivity index is 2.35. The van der Waals surface area contributed by atoms with Crippen molar-refractivity contribution in [2.24, 2.45) is 0 Å². The van der Waals surface area contributed by atoms with Gasteiger partial charge in [0.25, 0.3) is 5.91 Å². The van der Waals surface area contributed by atoms with Crippen molar-refractivity contribution in [1.29, 1.82) is 0 Å². The third-order valence-electron chi connectivity index (χ3n) is 2.89. The molecule has 1 aromatic carbocycles. The minimum absolute atomic E-state index is 0.135. The van der Waals surface area contributed by atoms with Crippen LogP contribution in [-0.4, -0.2) is 17.9 Å². The number of benzene rings is 1. The summed E-state index contributed by atoms with van der Waals surface area (Å²) in [5.74, 6) is -0.135. The van der Waals surface area contributed by atoms with Crippen molar-refractivity contribution in [3.63, 3.8) is 0 Å². The van der Waals surface area contributed by atoms with Crippen LogP contribution < -0.4 is 10.6 Å². The molecule has 0 spiro atoms. The van der Waals surface area contributed by atoms with Crippen LogP contribution in [0.2, 0.25) is 0 Å². The first-order valence-corrected chi connectivity index (χ1v) is 5.64. The molecule has 0 saturated heterocycles. The van der Waals surface area contributed by atoms with E-state index in [0.29, 0.717) is 11.3 Å². The van der Waals surface area contributed by atoms with Crippen molar-refractivity contribution < 1.29 is 4.79 Å². The van der Waals surface area contributed by atoms with Gasteiger partial charge >= 0.3 is 0 Å². The molecular weight excluding hydrogens is 226 g/mol. The molecule has 0 aliphatic carbocycles. The lowest BCUT2D eigenvalue weighted by molar-refractivity contribution is 0.0993. The molecule has 1 aromatic heterocycles. The molecule has 0 aliphatic rings. The van der Waals surface area contributed by atoms with E-state index in [2.05, 4.69) is 4.98 Å². The Morgan fingerprint density at radius 1 is 1.28 bits per heavy atom. The molecule has 0 atom stereocenters. The third kappa shape index (κ3) is 2.18. The summed E-state index contributed by atoms with van der Waals surface area (Å²) in [5.41, 5.74) is 8.62. The lowest BCUT2D eigenvalue weighted by atomic mass is 10.1. The van der Waals surface area contributed by atoms with E-state index in [1.54, 1.807) is 31.6 Å². The Labute approximate surface area is 106 Å². The van der Waals surface area contributed by atoms with E-state index >= 15 is 0 Å². The van der Waals surface area contributed by atoms with Crippen LogP contribution in [0.25, 0.3) is 0 Å². The largest absolute Gasteiger partial charge is 0.398 e. The van der Waals surface area contributed by atoms with Gasteiger partial charge in [0.2, 0.25) is 0 Å². The molecule has 2 rings (SSSR count). The van der Waals surface area contributed by atoms with Gasteiger partial charge in [-0.3, -0.25) is 9.78 Å². The first-order valence-electron chi connectivity index (χ1n) is 5.64. The second kappa shape index (κ2) is 4.87. The number of rotatable bonds is 2. The van der Waals surface area contributed by atoms with Crippen LogP contribution >= 0.6 is 0 Å². The van der Waals surface area contributed by atoms with Gasteiger partial charge in [-0.2, -0.15) is 0 Å². The van der Waals surface area contributed by atoms with Crippen LogP contribution in [0.1, 0.15) is 15.9 Å². The molecule has 1 heterocycles. The normalized spacial score (nSPS) is 10.1. The quantitative estimate of drug-likeness (QED) is 0.820.